The van der Waals surface area contributed by atoms with Crippen molar-refractivity contribution >= 4 is 22.6 Å². The lowest BCUT2D eigenvalue weighted by Crippen LogP contribution is -2.55. The van der Waals surface area contributed by atoms with Gasteiger partial charge in [-0.25, -0.2) is 4.39 Å². The highest BCUT2D eigenvalue weighted by Gasteiger charge is 2.42. The van der Waals surface area contributed by atoms with Crippen molar-refractivity contribution in [2.24, 2.45) is 0 Å². The van der Waals surface area contributed by atoms with Gasteiger partial charge in [0, 0.05) is 0 Å². The lowest BCUT2D eigenvalue weighted by atomic mass is 10.0. The molecule has 0 aliphatic carbocycles. The first-order valence-electron chi connectivity index (χ1n) is 3.48. The predicted molar refractivity (Wildman–Crippen MR) is 46.7 cm³/mol. The fourth-order valence-corrected chi connectivity index (χ4v) is 1.63. The third-order valence-corrected chi connectivity index (χ3v) is 3.09. The van der Waals surface area contributed by atoms with Crippen molar-refractivity contribution in [3.05, 3.63) is 0 Å². The molecule has 1 saturated heterocycles. The van der Waals surface area contributed by atoms with Crippen LogP contribution in [-0.4, -0.2) is 50.5 Å². The smallest absolute Gasteiger partial charge is 0.213 e. The standard InChI is InChI=1S/C6H10FIO4/c7-6-3(8)5(11)4(10)2(1-9)12-6/h2-6,9-11H,1H2/t2-,3+,4+,5-,6?/m1/s1. The van der Waals surface area contributed by atoms with Gasteiger partial charge in [0.25, 0.3) is 0 Å². The van der Waals surface area contributed by atoms with Gasteiger partial charge in [0.05, 0.1) is 16.6 Å². The summed E-state index contributed by atoms with van der Waals surface area (Å²) in [5.41, 5.74) is 0. The van der Waals surface area contributed by atoms with E-state index < -0.39 is 35.2 Å². The van der Waals surface area contributed by atoms with Crippen molar-refractivity contribution in [3.63, 3.8) is 0 Å². The van der Waals surface area contributed by atoms with Crippen molar-refractivity contribution in [1.82, 2.24) is 0 Å². The van der Waals surface area contributed by atoms with Gasteiger partial charge in [-0.2, -0.15) is 0 Å². The average Bonchev–Trinajstić information content (AvgIpc) is 2.08. The lowest BCUT2D eigenvalue weighted by molar-refractivity contribution is -0.206. The summed E-state index contributed by atoms with van der Waals surface area (Å²) in [6.45, 7) is -0.498. The Morgan fingerprint density at radius 3 is 2.42 bits per heavy atom. The molecule has 0 spiro atoms. The quantitative estimate of drug-likeness (QED) is 0.437. The van der Waals surface area contributed by atoms with Crippen LogP contribution in [0.25, 0.3) is 0 Å². The Morgan fingerprint density at radius 1 is 1.33 bits per heavy atom. The molecular weight excluding hydrogens is 282 g/mol. The summed E-state index contributed by atoms with van der Waals surface area (Å²) in [7, 11) is 0. The molecule has 1 heterocycles. The molecular formula is C6H10FIO4. The van der Waals surface area contributed by atoms with Crippen LogP contribution in [-0.2, 0) is 4.74 Å². The molecule has 3 N–H and O–H groups in total. The second-order valence-electron chi connectivity index (χ2n) is 2.63. The summed E-state index contributed by atoms with van der Waals surface area (Å²) in [4.78, 5) is 0. The SMILES string of the molecule is OC[C@H]1OC(F)[C@@H](I)[C@@H](O)[C@H]1O. The number of aliphatic hydroxyl groups is 3. The minimum absolute atomic E-state index is 0.498. The fraction of sp³-hybridized carbons (Fsp3) is 1.00. The van der Waals surface area contributed by atoms with Crippen molar-refractivity contribution in [2.75, 3.05) is 6.61 Å². The van der Waals surface area contributed by atoms with Gasteiger partial charge in [-0.1, -0.05) is 22.6 Å². The highest BCUT2D eigenvalue weighted by Crippen LogP contribution is 2.27. The number of aliphatic hydroxyl groups excluding tert-OH is 3. The molecule has 1 unspecified atom stereocenters. The van der Waals surface area contributed by atoms with Gasteiger partial charge in [0.15, 0.2) is 0 Å². The first-order valence-corrected chi connectivity index (χ1v) is 4.73. The molecule has 0 aromatic heterocycles. The maximum atomic E-state index is 12.8. The van der Waals surface area contributed by atoms with E-state index in [-0.39, 0.29) is 0 Å². The molecule has 1 aliphatic rings. The van der Waals surface area contributed by atoms with E-state index in [0.717, 1.165) is 0 Å². The summed E-state index contributed by atoms with van der Waals surface area (Å²) in [6.07, 6.45) is -5.07. The zero-order valence-electron chi connectivity index (χ0n) is 6.10. The zero-order chi connectivity index (χ0) is 9.30. The van der Waals surface area contributed by atoms with Crippen LogP contribution in [0.4, 0.5) is 4.39 Å². The van der Waals surface area contributed by atoms with E-state index in [1.165, 1.54) is 0 Å². The van der Waals surface area contributed by atoms with E-state index in [0.29, 0.717) is 0 Å². The average molecular weight is 292 g/mol. The molecule has 72 valence electrons. The molecule has 0 aromatic rings. The summed E-state index contributed by atoms with van der Waals surface area (Å²) in [6, 6.07) is 0. The third-order valence-electron chi connectivity index (χ3n) is 1.79. The van der Waals surface area contributed by atoms with Crippen molar-refractivity contribution in [1.29, 1.82) is 0 Å². The van der Waals surface area contributed by atoms with Gasteiger partial charge in [0.1, 0.15) is 12.2 Å². The molecule has 12 heavy (non-hydrogen) atoms. The van der Waals surface area contributed by atoms with Crippen LogP contribution in [0.2, 0.25) is 0 Å². The minimum Gasteiger partial charge on any atom is -0.394 e. The van der Waals surface area contributed by atoms with Crippen LogP contribution < -0.4 is 0 Å². The van der Waals surface area contributed by atoms with Crippen molar-refractivity contribution in [3.8, 4) is 0 Å². The van der Waals surface area contributed by atoms with Crippen LogP contribution in [0.5, 0.6) is 0 Å². The molecule has 0 aromatic carbocycles. The molecule has 6 heteroatoms. The summed E-state index contributed by atoms with van der Waals surface area (Å²) >= 11 is 1.66. The normalized spacial score (nSPS) is 49.2. The van der Waals surface area contributed by atoms with Crippen molar-refractivity contribution < 1.29 is 24.4 Å². The number of rotatable bonds is 1. The Bertz CT molecular complexity index is 154. The largest absolute Gasteiger partial charge is 0.394 e. The minimum atomic E-state index is -1.64. The Hall–Kier alpha value is 0.500. The van der Waals surface area contributed by atoms with E-state index in [1.807, 2.05) is 0 Å². The first-order chi connectivity index (χ1) is 5.57. The Labute approximate surface area is 82.5 Å². The molecule has 4 nitrogen and oxygen atoms in total. The van der Waals surface area contributed by atoms with E-state index >= 15 is 0 Å². The first kappa shape index (κ1) is 10.6. The van der Waals surface area contributed by atoms with Gasteiger partial charge in [-0.05, 0) is 0 Å². The van der Waals surface area contributed by atoms with Crippen LogP contribution in [0.15, 0.2) is 0 Å². The van der Waals surface area contributed by atoms with Gasteiger partial charge in [-0.3, -0.25) is 0 Å². The molecule has 1 aliphatic heterocycles. The number of alkyl halides is 2. The molecule has 0 saturated carbocycles. The highest BCUT2D eigenvalue weighted by molar-refractivity contribution is 14.1. The molecule has 0 bridgehead atoms. The van der Waals surface area contributed by atoms with E-state index in [9.17, 15) is 14.6 Å². The van der Waals surface area contributed by atoms with Gasteiger partial charge in [0.2, 0.25) is 6.36 Å². The third kappa shape index (κ3) is 1.87. The van der Waals surface area contributed by atoms with Crippen LogP contribution in [0, 0.1) is 0 Å². The molecule has 0 radical (unpaired) electrons. The van der Waals surface area contributed by atoms with Crippen LogP contribution in [0.3, 0.4) is 0 Å². The van der Waals surface area contributed by atoms with Crippen LogP contribution >= 0.6 is 22.6 Å². The fourth-order valence-electron chi connectivity index (χ4n) is 1.04. The number of ether oxygens (including phenoxy) is 1. The van der Waals surface area contributed by atoms with E-state index in [2.05, 4.69) is 4.74 Å². The topological polar surface area (TPSA) is 69.9 Å². The zero-order valence-corrected chi connectivity index (χ0v) is 8.26. The Balaban J connectivity index is 2.63. The molecule has 5 atom stereocenters. The number of hydrogen-bond donors (Lipinski definition) is 3. The summed E-state index contributed by atoms with van der Waals surface area (Å²) < 4.78 is 16.6. The highest BCUT2D eigenvalue weighted by atomic mass is 127. The maximum absolute atomic E-state index is 12.8. The molecule has 1 rings (SSSR count). The van der Waals surface area contributed by atoms with E-state index in [1.54, 1.807) is 22.6 Å². The number of halogens is 2. The summed E-state index contributed by atoms with van der Waals surface area (Å²) in [5, 5.41) is 27.1. The number of hydrogen-bond acceptors (Lipinski definition) is 4. The van der Waals surface area contributed by atoms with Gasteiger partial charge < -0.3 is 20.1 Å². The Kier molecular flexibility index (Phi) is 3.65. The predicted octanol–water partition coefficient (Wildman–Crippen LogP) is -0.802. The van der Waals surface area contributed by atoms with Crippen molar-refractivity contribution in [2.45, 2.75) is 28.6 Å². The monoisotopic (exact) mass is 292 g/mol. The molecule has 0 amide bonds. The summed E-state index contributed by atoms with van der Waals surface area (Å²) in [5.74, 6) is 0. The second kappa shape index (κ2) is 4.14. The maximum Gasteiger partial charge on any atom is 0.213 e. The van der Waals surface area contributed by atoms with E-state index in [4.69, 9.17) is 5.11 Å². The van der Waals surface area contributed by atoms with Crippen LogP contribution in [0.1, 0.15) is 0 Å². The molecule has 1 fully saturated rings. The second-order valence-corrected chi connectivity index (χ2v) is 4.07. The Morgan fingerprint density at radius 2 is 1.92 bits per heavy atom. The van der Waals surface area contributed by atoms with Gasteiger partial charge >= 0.3 is 0 Å². The lowest BCUT2D eigenvalue weighted by Gasteiger charge is -2.36. The van der Waals surface area contributed by atoms with Gasteiger partial charge in [-0.15, -0.1) is 0 Å².